The molecule has 0 bridgehead atoms. The van der Waals surface area contributed by atoms with Crippen molar-refractivity contribution in [1.29, 1.82) is 0 Å². The van der Waals surface area contributed by atoms with Gasteiger partial charge in [-0.25, -0.2) is 0 Å². The maximum Gasteiger partial charge on any atom is -0.0353 e. The third-order valence-corrected chi connectivity index (χ3v) is 2.77. The van der Waals surface area contributed by atoms with Crippen molar-refractivity contribution in [2.24, 2.45) is 0 Å². The Balaban J connectivity index is 0. The molecule has 17 heavy (non-hydrogen) atoms. The molecule has 0 amide bonds. The van der Waals surface area contributed by atoms with Gasteiger partial charge in [0.25, 0.3) is 0 Å². The van der Waals surface area contributed by atoms with Crippen molar-refractivity contribution < 1.29 is 0 Å². The lowest BCUT2D eigenvalue weighted by Gasteiger charge is -1.98. The number of allylic oxidation sites excluding steroid dienone is 2. The zero-order valence-corrected chi connectivity index (χ0v) is 12.3. The molecule has 0 rings (SSSR count). The Morgan fingerprint density at radius 2 is 1.00 bits per heavy atom. The van der Waals surface area contributed by atoms with Gasteiger partial charge < -0.3 is 0 Å². The fourth-order valence-corrected chi connectivity index (χ4v) is 1.59. The zero-order chi connectivity index (χ0) is 13.2. The highest BCUT2D eigenvalue weighted by atomic mass is 13.9. The highest BCUT2D eigenvalue weighted by molar-refractivity contribution is 4.65. The minimum atomic E-state index is 1.18. The monoisotopic (exact) mass is 238 g/mol. The van der Waals surface area contributed by atoms with Crippen LogP contribution in [0.5, 0.6) is 0 Å². The van der Waals surface area contributed by atoms with E-state index in [1.165, 1.54) is 70.6 Å². The normalized spacial score (nSPS) is 9.29. The van der Waals surface area contributed by atoms with Crippen LogP contribution in [0.3, 0.4) is 0 Å². The minimum Gasteiger partial charge on any atom is -0.103 e. The van der Waals surface area contributed by atoms with Crippen molar-refractivity contribution in [2.45, 2.75) is 84.5 Å². The van der Waals surface area contributed by atoms with Gasteiger partial charge in [-0.05, 0) is 19.3 Å². The first-order valence-corrected chi connectivity index (χ1v) is 7.55. The molecule has 0 nitrogen and oxygen atoms in total. The first-order chi connectivity index (χ1) is 8.33. The number of hydrogen-bond donors (Lipinski definition) is 0. The van der Waals surface area contributed by atoms with E-state index in [1.807, 2.05) is 12.2 Å². The standard InChI is InChI=1S/C11H22.C6H12/c1-3-5-7-9-11-10-8-6-4-2;1-3-5-6-4-2/h3H,1,4-11H2,2H3;3H,1,4-6H2,2H3. The highest BCUT2D eigenvalue weighted by Crippen LogP contribution is 2.07. The Bertz CT molecular complexity index is 135. The van der Waals surface area contributed by atoms with Gasteiger partial charge in [0, 0.05) is 0 Å². The van der Waals surface area contributed by atoms with Crippen LogP contribution in [-0.4, -0.2) is 0 Å². The first-order valence-electron chi connectivity index (χ1n) is 7.55. The highest BCUT2D eigenvalue weighted by Gasteiger charge is 1.88. The lowest BCUT2D eigenvalue weighted by atomic mass is 10.1. The van der Waals surface area contributed by atoms with Gasteiger partial charge in [-0.3, -0.25) is 0 Å². The Morgan fingerprint density at radius 3 is 1.41 bits per heavy atom. The van der Waals surface area contributed by atoms with Gasteiger partial charge in [-0.15, -0.1) is 13.2 Å². The summed E-state index contributed by atoms with van der Waals surface area (Å²) in [5, 5.41) is 0. The maximum atomic E-state index is 3.71. The molecule has 0 aromatic rings. The molecule has 0 heteroatoms. The number of rotatable bonds is 11. The maximum absolute atomic E-state index is 3.71. The van der Waals surface area contributed by atoms with Gasteiger partial charge in [-0.1, -0.05) is 77.4 Å². The van der Waals surface area contributed by atoms with E-state index in [0.717, 1.165) is 0 Å². The summed E-state index contributed by atoms with van der Waals surface area (Å²) in [6.07, 6.45) is 18.7. The van der Waals surface area contributed by atoms with Gasteiger partial charge in [0.15, 0.2) is 0 Å². The van der Waals surface area contributed by atoms with Crippen LogP contribution in [0.1, 0.15) is 84.5 Å². The molecule has 0 heterocycles. The topological polar surface area (TPSA) is 0 Å². The van der Waals surface area contributed by atoms with Gasteiger partial charge in [0.05, 0.1) is 0 Å². The smallest absolute Gasteiger partial charge is 0.0353 e. The van der Waals surface area contributed by atoms with E-state index in [0.29, 0.717) is 0 Å². The van der Waals surface area contributed by atoms with Crippen LogP contribution < -0.4 is 0 Å². The average molecular weight is 238 g/mol. The van der Waals surface area contributed by atoms with Crippen molar-refractivity contribution in [3.63, 3.8) is 0 Å². The molecule has 0 aromatic carbocycles. The van der Waals surface area contributed by atoms with Gasteiger partial charge in [0.2, 0.25) is 0 Å². The molecule has 0 aromatic heterocycles. The Morgan fingerprint density at radius 1 is 0.588 bits per heavy atom. The van der Waals surface area contributed by atoms with E-state index in [4.69, 9.17) is 0 Å². The molecule has 0 saturated carbocycles. The zero-order valence-electron chi connectivity index (χ0n) is 12.3. The molecule has 0 fully saturated rings. The van der Waals surface area contributed by atoms with Crippen molar-refractivity contribution >= 4 is 0 Å². The van der Waals surface area contributed by atoms with Crippen LogP contribution in [0.4, 0.5) is 0 Å². The molecular weight excluding hydrogens is 204 g/mol. The van der Waals surface area contributed by atoms with Crippen molar-refractivity contribution in [1.82, 2.24) is 0 Å². The summed E-state index contributed by atoms with van der Waals surface area (Å²) in [5.41, 5.74) is 0. The molecule has 0 unspecified atom stereocenters. The summed E-state index contributed by atoms with van der Waals surface area (Å²) in [4.78, 5) is 0. The van der Waals surface area contributed by atoms with E-state index in [9.17, 15) is 0 Å². The van der Waals surface area contributed by atoms with Crippen LogP contribution in [0, 0.1) is 0 Å². The number of unbranched alkanes of at least 4 members (excludes halogenated alkanes) is 9. The second-order valence-corrected chi connectivity index (χ2v) is 4.63. The molecule has 102 valence electrons. The molecule has 0 spiro atoms. The summed E-state index contributed by atoms with van der Waals surface area (Å²) >= 11 is 0. The minimum absolute atomic E-state index is 1.18. The SMILES string of the molecule is C=CCCCC.C=CCCCCCCCCC. The predicted octanol–water partition coefficient (Wildman–Crippen LogP) is 6.68. The average Bonchev–Trinajstić information content (AvgIpc) is 2.36. The Labute approximate surface area is 110 Å². The van der Waals surface area contributed by atoms with Crippen molar-refractivity contribution in [2.75, 3.05) is 0 Å². The van der Waals surface area contributed by atoms with Crippen LogP contribution in [-0.2, 0) is 0 Å². The Kier molecular flexibility index (Phi) is 23.1. The second-order valence-electron chi connectivity index (χ2n) is 4.63. The van der Waals surface area contributed by atoms with E-state index >= 15 is 0 Å². The molecule has 0 aliphatic carbocycles. The molecule has 0 N–H and O–H groups in total. The van der Waals surface area contributed by atoms with Crippen LogP contribution in [0.2, 0.25) is 0 Å². The second kappa shape index (κ2) is 20.8. The molecular formula is C17H34. The van der Waals surface area contributed by atoms with Gasteiger partial charge >= 0.3 is 0 Å². The summed E-state index contributed by atoms with van der Waals surface area (Å²) in [5.74, 6) is 0. The van der Waals surface area contributed by atoms with Crippen LogP contribution in [0.25, 0.3) is 0 Å². The fourth-order valence-electron chi connectivity index (χ4n) is 1.59. The lowest BCUT2D eigenvalue weighted by Crippen LogP contribution is -1.78. The van der Waals surface area contributed by atoms with E-state index in [-0.39, 0.29) is 0 Å². The van der Waals surface area contributed by atoms with E-state index in [2.05, 4.69) is 27.0 Å². The van der Waals surface area contributed by atoms with Crippen molar-refractivity contribution in [3.05, 3.63) is 25.3 Å². The summed E-state index contributed by atoms with van der Waals surface area (Å²) in [6.45, 7) is 11.8. The first kappa shape index (κ1) is 18.8. The van der Waals surface area contributed by atoms with Gasteiger partial charge in [0.1, 0.15) is 0 Å². The summed E-state index contributed by atoms with van der Waals surface area (Å²) in [7, 11) is 0. The summed E-state index contributed by atoms with van der Waals surface area (Å²) in [6, 6.07) is 0. The molecule has 0 atom stereocenters. The quantitative estimate of drug-likeness (QED) is 0.278. The van der Waals surface area contributed by atoms with E-state index < -0.39 is 0 Å². The van der Waals surface area contributed by atoms with E-state index in [1.54, 1.807) is 0 Å². The largest absolute Gasteiger partial charge is 0.103 e. The molecule has 0 saturated heterocycles. The molecule has 0 aliphatic heterocycles. The van der Waals surface area contributed by atoms with Crippen LogP contribution in [0.15, 0.2) is 25.3 Å². The van der Waals surface area contributed by atoms with Crippen LogP contribution >= 0.6 is 0 Å². The molecule has 0 aliphatic rings. The third kappa shape index (κ3) is 25.6. The number of hydrogen-bond acceptors (Lipinski definition) is 0. The van der Waals surface area contributed by atoms with Gasteiger partial charge in [-0.2, -0.15) is 0 Å². The fraction of sp³-hybridized carbons (Fsp3) is 0.765. The molecule has 0 radical (unpaired) electrons. The Hall–Kier alpha value is -0.520. The summed E-state index contributed by atoms with van der Waals surface area (Å²) < 4.78 is 0. The van der Waals surface area contributed by atoms with Crippen molar-refractivity contribution in [3.8, 4) is 0 Å². The third-order valence-electron chi connectivity index (χ3n) is 2.77. The predicted molar refractivity (Wildman–Crippen MR) is 82.5 cm³/mol. The lowest BCUT2D eigenvalue weighted by molar-refractivity contribution is 0.592.